The zero-order valence-electron chi connectivity index (χ0n) is 6.05. The van der Waals surface area contributed by atoms with Gasteiger partial charge < -0.3 is 0 Å². The first-order valence-corrected chi connectivity index (χ1v) is 3.39. The van der Waals surface area contributed by atoms with E-state index in [1.165, 1.54) is 4.90 Å². The number of carbonyl (C=O) groups is 2. The number of piperidine rings is 1. The van der Waals surface area contributed by atoms with E-state index < -0.39 is 0 Å². The summed E-state index contributed by atoms with van der Waals surface area (Å²) in [5, 5.41) is 0. The van der Waals surface area contributed by atoms with Crippen molar-refractivity contribution in [3.05, 3.63) is 0 Å². The summed E-state index contributed by atoms with van der Waals surface area (Å²) >= 11 is 0. The average Bonchev–Trinajstić information content (AvgIpc) is 2.54. The van der Waals surface area contributed by atoms with Crippen LogP contribution in [0.5, 0.6) is 0 Å². The minimum atomic E-state index is -0.300. The normalized spacial score (nSPS) is 44.2. The van der Waals surface area contributed by atoms with Gasteiger partial charge >= 0.3 is 0 Å². The third kappa shape index (κ3) is 0.394. The van der Waals surface area contributed by atoms with Gasteiger partial charge in [-0.25, -0.2) is 0 Å². The van der Waals surface area contributed by atoms with Crippen LogP contribution < -0.4 is 0 Å². The predicted octanol–water partition coefficient (Wildman–Crippen LogP) is 0.0112. The highest BCUT2D eigenvalue weighted by Gasteiger charge is 2.67. The molecule has 0 aromatic rings. The lowest BCUT2D eigenvalue weighted by Gasteiger charge is -2.09. The summed E-state index contributed by atoms with van der Waals surface area (Å²) in [6.45, 7) is 1.86. The molecule has 10 heavy (non-hydrogen) atoms. The minimum absolute atomic E-state index is 0.00231. The minimum Gasteiger partial charge on any atom is -0.285 e. The molecule has 2 amide bonds. The van der Waals surface area contributed by atoms with Crippen LogP contribution in [0.15, 0.2) is 0 Å². The highest BCUT2D eigenvalue weighted by Crippen LogP contribution is 2.58. The van der Waals surface area contributed by atoms with Gasteiger partial charge in [-0.2, -0.15) is 0 Å². The Kier molecular flexibility index (Phi) is 0.743. The zero-order valence-corrected chi connectivity index (χ0v) is 6.05. The molecular weight excluding hydrogens is 130 g/mol. The second-order valence-electron chi connectivity index (χ2n) is 3.38. The SMILES string of the molecule is CN1C(=O)C2CC2(C)C1=O. The Labute approximate surface area is 59.0 Å². The monoisotopic (exact) mass is 139 g/mol. The van der Waals surface area contributed by atoms with E-state index in [2.05, 4.69) is 0 Å². The summed E-state index contributed by atoms with van der Waals surface area (Å²) in [5.41, 5.74) is -0.300. The Morgan fingerprint density at radius 3 is 2.40 bits per heavy atom. The fraction of sp³-hybridized carbons (Fsp3) is 0.714. The summed E-state index contributed by atoms with van der Waals surface area (Å²) in [5.74, 6) is 0.0278. The van der Waals surface area contributed by atoms with E-state index in [0.29, 0.717) is 0 Å². The average molecular weight is 139 g/mol. The van der Waals surface area contributed by atoms with Crippen LogP contribution in [0, 0.1) is 11.3 Å². The molecule has 3 nitrogen and oxygen atoms in total. The lowest BCUT2D eigenvalue weighted by molar-refractivity contribution is -0.140. The lowest BCUT2D eigenvalue weighted by atomic mass is 10.1. The van der Waals surface area contributed by atoms with Crippen LogP contribution in [0.1, 0.15) is 13.3 Å². The van der Waals surface area contributed by atoms with Crippen molar-refractivity contribution in [2.24, 2.45) is 11.3 Å². The van der Waals surface area contributed by atoms with E-state index in [0.717, 1.165) is 6.42 Å². The lowest BCUT2D eigenvalue weighted by Crippen LogP contribution is -2.30. The van der Waals surface area contributed by atoms with E-state index >= 15 is 0 Å². The molecule has 0 radical (unpaired) electrons. The van der Waals surface area contributed by atoms with Crippen molar-refractivity contribution in [2.75, 3.05) is 7.05 Å². The van der Waals surface area contributed by atoms with Crippen LogP contribution in [0.25, 0.3) is 0 Å². The van der Waals surface area contributed by atoms with Gasteiger partial charge in [0.2, 0.25) is 11.8 Å². The summed E-state index contributed by atoms with van der Waals surface area (Å²) in [6.07, 6.45) is 0.773. The van der Waals surface area contributed by atoms with Crippen LogP contribution in [-0.4, -0.2) is 23.8 Å². The van der Waals surface area contributed by atoms with Crippen LogP contribution in [0.4, 0.5) is 0 Å². The zero-order chi connectivity index (χ0) is 7.52. The molecule has 2 unspecified atom stereocenters. The highest BCUT2D eigenvalue weighted by atomic mass is 16.2. The van der Waals surface area contributed by atoms with Crippen molar-refractivity contribution < 1.29 is 9.59 Å². The van der Waals surface area contributed by atoms with Gasteiger partial charge in [-0.1, -0.05) is 0 Å². The molecule has 0 aromatic carbocycles. The molecule has 1 heterocycles. The Morgan fingerprint density at radius 2 is 2.20 bits per heavy atom. The van der Waals surface area contributed by atoms with Gasteiger partial charge in [0.25, 0.3) is 0 Å². The topological polar surface area (TPSA) is 37.4 Å². The van der Waals surface area contributed by atoms with E-state index in [1.807, 2.05) is 6.92 Å². The maximum atomic E-state index is 11.2. The molecule has 1 aliphatic heterocycles. The number of carbonyl (C=O) groups excluding carboxylic acids is 2. The molecule has 2 rings (SSSR count). The smallest absolute Gasteiger partial charge is 0.235 e. The molecule has 0 N–H and O–H groups in total. The van der Waals surface area contributed by atoms with Crippen molar-refractivity contribution in [1.29, 1.82) is 0 Å². The molecule has 0 aromatic heterocycles. The third-order valence-electron chi connectivity index (χ3n) is 2.66. The third-order valence-corrected chi connectivity index (χ3v) is 2.66. The quantitative estimate of drug-likeness (QED) is 0.443. The van der Waals surface area contributed by atoms with Crippen molar-refractivity contribution in [3.8, 4) is 0 Å². The Balaban J connectivity index is 2.40. The first kappa shape index (κ1) is 5.89. The number of nitrogens with zero attached hydrogens (tertiary/aromatic N) is 1. The molecule has 0 bridgehead atoms. The second-order valence-corrected chi connectivity index (χ2v) is 3.38. The van der Waals surface area contributed by atoms with Crippen LogP contribution >= 0.6 is 0 Å². The second kappa shape index (κ2) is 1.26. The molecule has 2 fully saturated rings. The largest absolute Gasteiger partial charge is 0.285 e. The van der Waals surface area contributed by atoms with Gasteiger partial charge in [0, 0.05) is 7.05 Å². The first-order chi connectivity index (χ1) is 4.57. The van der Waals surface area contributed by atoms with Crippen LogP contribution in [-0.2, 0) is 9.59 Å². The van der Waals surface area contributed by atoms with E-state index in [9.17, 15) is 9.59 Å². The maximum absolute atomic E-state index is 11.2. The maximum Gasteiger partial charge on any atom is 0.235 e. The molecule has 0 spiro atoms. The van der Waals surface area contributed by atoms with Gasteiger partial charge in [0.15, 0.2) is 0 Å². The van der Waals surface area contributed by atoms with Gasteiger partial charge in [-0.15, -0.1) is 0 Å². The standard InChI is InChI=1S/C7H9NO2/c1-7-3-4(7)5(9)8(2)6(7)10/h4H,3H2,1-2H3. The Hall–Kier alpha value is -0.860. The number of rotatable bonds is 0. The molecular formula is C7H9NO2. The number of hydrogen-bond acceptors (Lipinski definition) is 2. The van der Waals surface area contributed by atoms with Crippen LogP contribution in [0.2, 0.25) is 0 Å². The fourth-order valence-electron chi connectivity index (χ4n) is 1.68. The van der Waals surface area contributed by atoms with Gasteiger partial charge in [0.05, 0.1) is 11.3 Å². The van der Waals surface area contributed by atoms with Crippen LogP contribution in [0.3, 0.4) is 0 Å². The predicted molar refractivity (Wildman–Crippen MR) is 34.0 cm³/mol. The fourth-order valence-corrected chi connectivity index (χ4v) is 1.68. The van der Waals surface area contributed by atoms with E-state index in [4.69, 9.17) is 0 Å². The highest BCUT2D eigenvalue weighted by molar-refractivity contribution is 6.10. The first-order valence-electron chi connectivity index (χ1n) is 3.39. The van der Waals surface area contributed by atoms with Crippen molar-refractivity contribution in [1.82, 2.24) is 4.90 Å². The summed E-state index contributed by atoms with van der Waals surface area (Å²) < 4.78 is 0. The molecule has 1 saturated heterocycles. The molecule has 3 heteroatoms. The molecule has 2 aliphatic rings. The van der Waals surface area contributed by atoms with Crippen molar-refractivity contribution in [3.63, 3.8) is 0 Å². The van der Waals surface area contributed by atoms with E-state index in [-0.39, 0.29) is 23.1 Å². The van der Waals surface area contributed by atoms with E-state index in [1.54, 1.807) is 7.05 Å². The summed E-state index contributed by atoms with van der Waals surface area (Å²) in [4.78, 5) is 23.5. The van der Waals surface area contributed by atoms with Gasteiger partial charge in [-0.3, -0.25) is 14.5 Å². The molecule has 1 saturated carbocycles. The van der Waals surface area contributed by atoms with Crippen molar-refractivity contribution in [2.45, 2.75) is 13.3 Å². The molecule has 2 atom stereocenters. The Morgan fingerprint density at radius 1 is 1.60 bits per heavy atom. The molecule has 1 aliphatic carbocycles. The molecule has 54 valence electrons. The number of imide groups is 1. The Bertz CT molecular complexity index is 236. The number of likely N-dealkylation sites (tertiary alicyclic amines) is 1. The number of amides is 2. The van der Waals surface area contributed by atoms with Gasteiger partial charge in [0.1, 0.15) is 0 Å². The number of hydrogen-bond donors (Lipinski definition) is 0. The van der Waals surface area contributed by atoms with Crippen molar-refractivity contribution >= 4 is 11.8 Å². The van der Waals surface area contributed by atoms with Gasteiger partial charge in [-0.05, 0) is 13.3 Å². The number of fused-ring (bicyclic) bond motifs is 1. The summed E-state index contributed by atoms with van der Waals surface area (Å²) in [7, 11) is 1.56. The summed E-state index contributed by atoms with van der Waals surface area (Å²) in [6, 6.07) is 0.